The lowest BCUT2D eigenvalue weighted by molar-refractivity contribution is 0.399. The third-order valence-corrected chi connectivity index (χ3v) is 7.18. The Hall–Kier alpha value is -3.24. The molecule has 2 N–H and O–H groups in total. The van der Waals surface area contributed by atoms with E-state index in [1.807, 2.05) is 13.8 Å². The molecule has 0 saturated heterocycles. The summed E-state index contributed by atoms with van der Waals surface area (Å²) in [5, 5.41) is 14.4. The van der Waals surface area contributed by atoms with Crippen molar-refractivity contribution in [3.63, 3.8) is 0 Å². The molecule has 2 aromatic carbocycles. The zero-order chi connectivity index (χ0) is 23.5. The van der Waals surface area contributed by atoms with Crippen LogP contribution in [0.1, 0.15) is 25.0 Å². The minimum Gasteiger partial charge on any atom is -0.494 e. The molecule has 0 aliphatic rings. The summed E-state index contributed by atoms with van der Waals surface area (Å²) in [7, 11) is -3.62. The molecule has 8 nitrogen and oxygen atoms in total. The molecule has 1 aromatic heterocycles. The van der Waals surface area contributed by atoms with Gasteiger partial charge in [-0.05, 0) is 69.4 Å². The summed E-state index contributed by atoms with van der Waals surface area (Å²) in [5.41, 5.74) is 3.80. The summed E-state index contributed by atoms with van der Waals surface area (Å²) in [4.78, 5) is 13.0. The quantitative estimate of drug-likeness (QED) is 0.309. The van der Waals surface area contributed by atoms with E-state index in [1.165, 1.54) is 27.5 Å². The van der Waals surface area contributed by atoms with Gasteiger partial charge in [0.25, 0.3) is 5.56 Å². The van der Waals surface area contributed by atoms with Gasteiger partial charge in [-0.1, -0.05) is 17.7 Å². The molecule has 0 radical (unpaired) electrons. The molecule has 1 heterocycles. The van der Waals surface area contributed by atoms with Gasteiger partial charge in [0.1, 0.15) is 5.56 Å². The maximum Gasteiger partial charge on any atom is 0.267 e. The van der Waals surface area contributed by atoms with Gasteiger partial charge in [0.15, 0.2) is 4.77 Å². The van der Waals surface area contributed by atoms with Crippen LogP contribution in [0.15, 0.2) is 68.2 Å². The van der Waals surface area contributed by atoms with Crippen molar-refractivity contribution < 1.29 is 13.5 Å². The molecular formula is C22H24N4O4S2. The van der Waals surface area contributed by atoms with Gasteiger partial charge in [0.05, 0.1) is 21.7 Å². The van der Waals surface area contributed by atoms with Crippen molar-refractivity contribution in [3.05, 3.63) is 74.8 Å². The average Bonchev–Trinajstić information content (AvgIpc) is 2.77. The van der Waals surface area contributed by atoms with Crippen LogP contribution in [0.5, 0.6) is 5.88 Å². The third-order valence-electron chi connectivity index (χ3n) is 4.95. The first-order valence-corrected chi connectivity index (χ1v) is 11.9. The molecular weight excluding hydrogens is 448 g/mol. The third kappa shape index (κ3) is 4.51. The van der Waals surface area contributed by atoms with E-state index in [-0.39, 0.29) is 26.0 Å². The predicted octanol–water partition coefficient (Wildman–Crippen LogP) is 3.71. The molecule has 3 rings (SSSR count). The maximum atomic E-state index is 12.8. The van der Waals surface area contributed by atoms with Crippen molar-refractivity contribution in [1.82, 2.24) is 9.13 Å². The van der Waals surface area contributed by atoms with Gasteiger partial charge in [-0.15, -0.1) is 0 Å². The molecule has 0 atom stereocenters. The minimum absolute atomic E-state index is 0.00775. The Balaban J connectivity index is 1.84. The van der Waals surface area contributed by atoms with Crippen molar-refractivity contribution in [2.45, 2.75) is 43.7 Å². The van der Waals surface area contributed by atoms with Crippen LogP contribution in [0.4, 0.5) is 5.69 Å². The zero-order valence-corrected chi connectivity index (χ0v) is 19.6. The van der Waals surface area contributed by atoms with Crippen molar-refractivity contribution >= 4 is 34.0 Å². The standard InChI is InChI=1S/C22H24N4O4S2/c1-4-25-20(27)19(21(28)26(5-2)22(25)31)14-23-24-16-8-12-18(13-9-16)32(29,30)17-10-6-15(3)7-11-17/h6-14,24,27H,4-5H2,1-3H3. The molecule has 0 unspecified atom stereocenters. The highest BCUT2D eigenvalue weighted by Gasteiger charge is 2.17. The highest BCUT2D eigenvalue weighted by Crippen LogP contribution is 2.22. The van der Waals surface area contributed by atoms with E-state index in [0.29, 0.717) is 18.8 Å². The number of sulfone groups is 1. The fourth-order valence-electron chi connectivity index (χ4n) is 3.12. The smallest absolute Gasteiger partial charge is 0.267 e. The van der Waals surface area contributed by atoms with Gasteiger partial charge in [-0.2, -0.15) is 5.10 Å². The Kier molecular flexibility index (Phi) is 6.95. The number of hydrazone groups is 1. The van der Waals surface area contributed by atoms with Crippen molar-refractivity contribution in [2.24, 2.45) is 5.10 Å². The molecule has 10 heteroatoms. The van der Waals surface area contributed by atoms with Crippen LogP contribution in [-0.2, 0) is 22.9 Å². The van der Waals surface area contributed by atoms with E-state index in [2.05, 4.69) is 10.5 Å². The van der Waals surface area contributed by atoms with Crippen LogP contribution >= 0.6 is 12.2 Å². The topological polar surface area (TPSA) is 106 Å². The summed E-state index contributed by atoms with van der Waals surface area (Å²) >= 11 is 5.25. The first-order chi connectivity index (χ1) is 15.2. The SMILES string of the molecule is CCn1c(O)c(C=NNc2ccc(S(=O)(=O)c3ccc(C)cc3)cc2)c(=O)n(CC)c1=S. The molecule has 0 saturated carbocycles. The Labute approximate surface area is 191 Å². The number of aryl methyl sites for hydroxylation is 1. The van der Waals surface area contributed by atoms with Gasteiger partial charge in [-0.25, -0.2) is 8.42 Å². The Morgan fingerprint density at radius 2 is 1.53 bits per heavy atom. The molecule has 0 aliphatic heterocycles. The molecule has 0 amide bonds. The normalized spacial score (nSPS) is 11.7. The van der Waals surface area contributed by atoms with Gasteiger partial charge in [0.2, 0.25) is 15.7 Å². The van der Waals surface area contributed by atoms with Crippen LogP contribution < -0.4 is 11.0 Å². The lowest BCUT2D eigenvalue weighted by Gasteiger charge is -2.13. The molecule has 0 fully saturated rings. The van der Waals surface area contributed by atoms with E-state index in [0.717, 1.165) is 5.56 Å². The summed E-state index contributed by atoms with van der Waals surface area (Å²) in [5.74, 6) is -0.253. The maximum absolute atomic E-state index is 12.8. The van der Waals surface area contributed by atoms with E-state index in [1.54, 1.807) is 43.3 Å². The van der Waals surface area contributed by atoms with Crippen molar-refractivity contribution in [3.8, 4) is 5.88 Å². The number of rotatable bonds is 7. The molecule has 32 heavy (non-hydrogen) atoms. The number of aromatic hydroxyl groups is 1. The van der Waals surface area contributed by atoms with Crippen LogP contribution in [0, 0.1) is 11.7 Å². The second kappa shape index (κ2) is 9.49. The Bertz CT molecular complexity index is 1370. The number of hydrogen-bond acceptors (Lipinski definition) is 7. The van der Waals surface area contributed by atoms with E-state index in [9.17, 15) is 18.3 Å². The average molecular weight is 473 g/mol. The predicted molar refractivity (Wildman–Crippen MR) is 127 cm³/mol. The molecule has 3 aromatic rings. The highest BCUT2D eigenvalue weighted by molar-refractivity contribution is 7.91. The second-order valence-electron chi connectivity index (χ2n) is 7.02. The van der Waals surface area contributed by atoms with Gasteiger partial charge < -0.3 is 5.11 Å². The largest absolute Gasteiger partial charge is 0.494 e. The van der Waals surface area contributed by atoms with E-state index < -0.39 is 15.4 Å². The van der Waals surface area contributed by atoms with Crippen LogP contribution in [0.25, 0.3) is 0 Å². The number of anilines is 1. The highest BCUT2D eigenvalue weighted by atomic mass is 32.2. The van der Waals surface area contributed by atoms with E-state index >= 15 is 0 Å². The Morgan fingerprint density at radius 1 is 1.00 bits per heavy atom. The monoisotopic (exact) mass is 472 g/mol. The number of hydrogen-bond donors (Lipinski definition) is 2. The fourth-order valence-corrected chi connectivity index (χ4v) is 4.81. The second-order valence-corrected chi connectivity index (χ2v) is 9.34. The van der Waals surface area contributed by atoms with Crippen LogP contribution in [0.2, 0.25) is 0 Å². The van der Waals surface area contributed by atoms with E-state index in [4.69, 9.17) is 12.2 Å². The number of benzene rings is 2. The first kappa shape index (κ1) is 23.4. The summed E-state index contributed by atoms with van der Waals surface area (Å²) in [6.45, 7) is 6.26. The van der Waals surface area contributed by atoms with Crippen LogP contribution in [0.3, 0.4) is 0 Å². The Morgan fingerprint density at radius 3 is 2.06 bits per heavy atom. The molecule has 0 spiro atoms. The van der Waals surface area contributed by atoms with Gasteiger partial charge in [-0.3, -0.25) is 19.4 Å². The van der Waals surface area contributed by atoms with Crippen LogP contribution in [-0.4, -0.2) is 28.9 Å². The number of aromatic nitrogens is 2. The van der Waals surface area contributed by atoms with Crippen molar-refractivity contribution in [2.75, 3.05) is 5.43 Å². The summed E-state index contributed by atoms with van der Waals surface area (Å²) in [6.07, 6.45) is 1.22. The lowest BCUT2D eigenvalue weighted by Crippen LogP contribution is -2.28. The minimum atomic E-state index is -3.62. The van der Waals surface area contributed by atoms with Crippen molar-refractivity contribution in [1.29, 1.82) is 0 Å². The molecule has 0 aliphatic carbocycles. The van der Waals surface area contributed by atoms with Gasteiger partial charge >= 0.3 is 0 Å². The lowest BCUT2D eigenvalue weighted by atomic mass is 10.2. The summed E-state index contributed by atoms with van der Waals surface area (Å²) in [6, 6.07) is 12.8. The molecule has 0 bridgehead atoms. The fraction of sp³-hybridized carbons (Fsp3) is 0.227. The number of nitrogens with zero attached hydrogens (tertiary/aromatic N) is 3. The summed E-state index contributed by atoms with van der Waals surface area (Å²) < 4.78 is 28.6. The zero-order valence-electron chi connectivity index (χ0n) is 17.9. The molecule has 168 valence electrons. The number of nitrogens with one attached hydrogen (secondary N) is 1. The first-order valence-electron chi connectivity index (χ1n) is 9.98. The van der Waals surface area contributed by atoms with Gasteiger partial charge in [0, 0.05) is 13.1 Å².